The van der Waals surface area contributed by atoms with Crippen molar-refractivity contribution in [3.8, 4) is 0 Å². The number of aliphatic hydroxyl groups excluding tert-OH is 3. The van der Waals surface area contributed by atoms with Gasteiger partial charge in [0.15, 0.2) is 0 Å². The SMILES string of the molecule is OC[C@H]1O[C@@H](n2ncc3c([Se])ncnc32)[C@H](O)[C@@H]1O. The van der Waals surface area contributed by atoms with Crippen molar-refractivity contribution in [3.05, 3.63) is 12.5 Å². The number of aromatic nitrogens is 4. The van der Waals surface area contributed by atoms with Gasteiger partial charge in [-0.15, -0.1) is 0 Å². The predicted octanol–water partition coefficient (Wildman–Crippen LogP) is -2.77. The van der Waals surface area contributed by atoms with E-state index in [1.165, 1.54) is 11.0 Å². The van der Waals surface area contributed by atoms with Gasteiger partial charge in [0.05, 0.1) is 0 Å². The van der Waals surface area contributed by atoms with Gasteiger partial charge in [0.25, 0.3) is 0 Å². The van der Waals surface area contributed by atoms with Crippen LogP contribution in [-0.2, 0) is 4.74 Å². The van der Waals surface area contributed by atoms with Crippen molar-refractivity contribution in [1.29, 1.82) is 0 Å². The van der Waals surface area contributed by atoms with Gasteiger partial charge in [0, 0.05) is 0 Å². The summed E-state index contributed by atoms with van der Waals surface area (Å²) in [6.45, 7) is -0.379. The average molecular weight is 330 g/mol. The van der Waals surface area contributed by atoms with Gasteiger partial charge in [0.2, 0.25) is 0 Å². The van der Waals surface area contributed by atoms with E-state index in [2.05, 4.69) is 31.1 Å². The van der Waals surface area contributed by atoms with Crippen molar-refractivity contribution in [1.82, 2.24) is 19.7 Å². The van der Waals surface area contributed by atoms with Gasteiger partial charge in [-0.3, -0.25) is 0 Å². The Bertz CT molecular complexity index is 606. The van der Waals surface area contributed by atoms with Crippen LogP contribution in [0.5, 0.6) is 0 Å². The Hall–Kier alpha value is -1.09. The molecule has 0 saturated carbocycles. The summed E-state index contributed by atoms with van der Waals surface area (Å²) in [4.78, 5) is 8.09. The van der Waals surface area contributed by atoms with Gasteiger partial charge in [-0.1, -0.05) is 0 Å². The quantitative estimate of drug-likeness (QED) is 0.511. The molecule has 1 aliphatic rings. The second kappa shape index (κ2) is 4.78. The van der Waals surface area contributed by atoms with Crippen LogP contribution in [0.1, 0.15) is 6.23 Å². The van der Waals surface area contributed by atoms with Gasteiger partial charge < -0.3 is 0 Å². The third-order valence-corrected chi connectivity index (χ3v) is 3.80. The second-order valence-electron chi connectivity index (χ2n) is 4.23. The van der Waals surface area contributed by atoms with E-state index >= 15 is 0 Å². The molecule has 2 aromatic rings. The van der Waals surface area contributed by atoms with Crippen molar-refractivity contribution in [2.45, 2.75) is 24.5 Å². The van der Waals surface area contributed by atoms with E-state index in [-0.39, 0.29) is 6.61 Å². The van der Waals surface area contributed by atoms with Crippen molar-refractivity contribution in [2.24, 2.45) is 0 Å². The molecule has 101 valence electrons. The van der Waals surface area contributed by atoms with Crippen LogP contribution < -0.4 is 4.59 Å². The number of hydrogen-bond donors (Lipinski definition) is 3. The Kier molecular flexibility index (Phi) is 3.25. The van der Waals surface area contributed by atoms with Gasteiger partial charge in [-0.05, 0) is 0 Å². The van der Waals surface area contributed by atoms with E-state index in [0.29, 0.717) is 15.6 Å². The monoisotopic (exact) mass is 331 g/mol. The number of rotatable bonds is 2. The molecule has 0 bridgehead atoms. The fourth-order valence-electron chi connectivity index (χ4n) is 2.11. The van der Waals surface area contributed by atoms with E-state index in [4.69, 9.17) is 9.84 Å². The third kappa shape index (κ3) is 1.95. The van der Waals surface area contributed by atoms with E-state index < -0.39 is 24.5 Å². The number of nitrogens with zero attached hydrogens (tertiary/aromatic N) is 4. The Morgan fingerprint density at radius 2 is 2.11 bits per heavy atom. The van der Waals surface area contributed by atoms with E-state index in [9.17, 15) is 10.2 Å². The summed E-state index contributed by atoms with van der Waals surface area (Å²) in [7, 11) is 0. The fraction of sp³-hybridized carbons (Fsp3) is 0.500. The summed E-state index contributed by atoms with van der Waals surface area (Å²) in [6, 6.07) is 0. The third-order valence-electron chi connectivity index (χ3n) is 3.11. The zero-order valence-electron chi connectivity index (χ0n) is 9.62. The summed E-state index contributed by atoms with van der Waals surface area (Å²) < 4.78 is 7.43. The van der Waals surface area contributed by atoms with Crippen LogP contribution in [0.2, 0.25) is 0 Å². The minimum atomic E-state index is -1.18. The molecule has 1 saturated heterocycles. The first-order valence-corrected chi connectivity index (χ1v) is 6.47. The first-order chi connectivity index (χ1) is 9.13. The molecule has 0 amide bonds. The van der Waals surface area contributed by atoms with Gasteiger partial charge in [-0.2, -0.15) is 0 Å². The van der Waals surface area contributed by atoms with E-state index in [1.54, 1.807) is 6.20 Å². The first-order valence-electron chi connectivity index (χ1n) is 5.61. The predicted molar refractivity (Wildman–Crippen MR) is 63.7 cm³/mol. The van der Waals surface area contributed by atoms with Crippen LogP contribution in [-0.4, -0.2) is 76.0 Å². The van der Waals surface area contributed by atoms with Crippen LogP contribution in [0.15, 0.2) is 12.5 Å². The molecule has 1 aliphatic heterocycles. The maximum atomic E-state index is 9.96. The summed E-state index contributed by atoms with van der Waals surface area (Å²) >= 11 is 2.79. The molecule has 1 radical (unpaired) electrons. The van der Waals surface area contributed by atoms with Crippen LogP contribution in [0.25, 0.3) is 11.0 Å². The van der Waals surface area contributed by atoms with Crippen molar-refractivity contribution >= 4 is 31.6 Å². The molecule has 0 spiro atoms. The van der Waals surface area contributed by atoms with E-state index in [1.807, 2.05) is 0 Å². The molecule has 1 fully saturated rings. The zero-order valence-corrected chi connectivity index (χ0v) is 11.3. The molecular weight excluding hydrogens is 319 g/mol. The molecule has 19 heavy (non-hydrogen) atoms. The minimum absolute atomic E-state index is 0.379. The molecule has 2 aromatic heterocycles. The Morgan fingerprint density at radius 3 is 2.79 bits per heavy atom. The van der Waals surface area contributed by atoms with Crippen molar-refractivity contribution in [2.75, 3.05) is 6.61 Å². The molecule has 0 aromatic carbocycles. The van der Waals surface area contributed by atoms with Crippen molar-refractivity contribution in [3.63, 3.8) is 0 Å². The summed E-state index contributed by atoms with van der Waals surface area (Å²) in [5.41, 5.74) is 0.485. The molecule has 9 heteroatoms. The number of fused-ring (bicyclic) bond motifs is 1. The van der Waals surface area contributed by atoms with Crippen LogP contribution in [0, 0.1) is 0 Å². The average Bonchev–Trinajstić information content (AvgIpc) is 2.94. The molecule has 3 N–H and O–H groups in total. The van der Waals surface area contributed by atoms with E-state index in [0.717, 1.165) is 0 Å². The van der Waals surface area contributed by atoms with Gasteiger partial charge in [0.1, 0.15) is 0 Å². The molecule has 0 aliphatic carbocycles. The van der Waals surface area contributed by atoms with Gasteiger partial charge >= 0.3 is 115 Å². The topological polar surface area (TPSA) is 114 Å². The molecule has 3 heterocycles. The molecule has 3 rings (SSSR count). The number of hydrogen-bond acceptors (Lipinski definition) is 7. The Labute approximate surface area is 115 Å². The molecule has 0 unspecified atom stereocenters. The van der Waals surface area contributed by atoms with Crippen LogP contribution in [0.4, 0.5) is 0 Å². The maximum absolute atomic E-state index is 9.96. The number of ether oxygens (including phenoxy) is 1. The first kappa shape index (κ1) is 12.9. The van der Waals surface area contributed by atoms with Gasteiger partial charge in [-0.25, -0.2) is 0 Å². The van der Waals surface area contributed by atoms with Crippen molar-refractivity contribution < 1.29 is 20.1 Å². The zero-order chi connectivity index (χ0) is 13.6. The summed E-state index contributed by atoms with van der Waals surface area (Å²) in [5, 5.41) is 33.6. The van der Waals surface area contributed by atoms with Crippen LogP contribution in [0.3, 0.4) is 0 Å². The second-order valence-corrected chi connectivity index (χ2v) is 5.05. The summed E-state index contributed by atoms with van der Waals surface area (Å²) in [6.07, 6.45) is -1.15. The molecule has 8 nitrogen and oxygen atoms in total. The Morgan fingerprint density at radius 1 is 1.32 bits per heavy atom. The Balaban J connectivity index is 2.04. The summed E-state index contributed by atoms with van der Waals surface area (Å²) in [5.74, 6) is 0. The fourth-order valence-corrected chi connectivity index (χ4v) is 2.51. The van der Waals surface area contributed by atoms with Crippen LogP contribution >= 0.6 is 0 Å². The molecule has 4 atom stereocenters. The number of aliphatic hydroxyl groups is 3. The standard InChI is InChI=1S/C10H11N4O4Se/c15-2-5-6(16)7(17)10(18-5)14-8-4(1-13-14)9(19)12-3-11-8/h1,3,5-7,10,15-17H,2H2/t5-,6-,7-,10-/m1/s1. The normalized spacial score (nSPS) is 31.1. The molecular formula is C10H11N4O4Se.